The van der Waals surface area contributed by atoms with Gasteiger partial charge in [0.25, 0.3) is 0 Å². The van der Waals surface area contributed by atoms with Crippen molar-refractivity contribution in [2.75, 3.05) is 40.3 Å². The Morgan fingerprint density at radius 3 is 2.40 bits per heavy atom. The van der Waals surface area contributed by atoms with Gasteiger partial charge in [0, 0.05) is 38.3 Å². The molecule has 0 aliphatic carbocycles. The van der Waals surface area contributed by atoms with E-state index in [2.05, 4.69) is 68.2 Å². The molecule has 3 heteroatoms. The fourth-order valence-electron chi connectivity index (χ4n) is 3.12. The van der Waals surface area contributed by atoms with E-state index in [1.165, 1.54) is 36.3 Å². The number of nitrogens with one attached hydrogen (secondary N) is 1. The molecule has 1 aromatic rings. The summed E-state index contributed by atoms with van der Waals surface area (Å²) in [5, 5.41) is 3.49. The van der Waals surface area contributed by atoms with Crippen LogP contribution in [0, 0.1) is 13.8 Å². The van der Waals surface area contributed by atoms with E-state index in [0.717, 1.165) is 6.54 Å². The van der Waals surface area contributed by atoms with Crippen molar-refractivity contribution in [2.24, 2.45) is 0 Å². The second-order valence-corrected chi connectivity index (χ2v) is 6.35. The maximum Gasteiger partial charge on any atom is 0.0447 e. The van der Waals surface area contributed by atoms with Crippen molar-refractivity contribution in [2.45, 2.75) is 32.9 Å². The maximum atomic E-state index is 3.49. The van der Waals surface area contributed by atoms with E-state index in [9.17, 15) is 0 Å². The monoisotopic (exact) mass is 275 g/mol. The number of hydrogen-bond acceptors (Lipinski definition) is 3. The maximum absolute atomic E-state index is 3.49. The number of piperazine rings is 1. The quantitative estimate of drug-likeness (QED) is 0.909. The van der Waals surface area contributed by atoms with Crippen LogP contribution in [0.1, 0.15) is 29.7 Å². The van der Waals surface area contributed by atoms with Gasteiger partial charge in [-0.25, -0.2) is 0 Å². The first-order chi connectivity index (χ1) is 9.49. The van der Waals surface area contributed by atoms with Gasteiger partial charge in [0.15, 0.2) is 0 Å². The van der Waals surface area contributed by atoms with Crippen molar-refractivity contribution < 1.29 is 0 Å². The fourth-order valence-corrected chi connectivity index (χ4v) is 3.12. The minimum absolute atomic E-state index is 0.421. The molecule has 0 saturated carbocycles. The van der Waals surface area contributed by atoms with Crippen LogP contribution in [-0.4, -0.2) is 56.1 Å². The normalized spacial score (nSPS) is 22.9. The molecule has 1 saturated heterocycles. The van der Waals surface area contributed by atoms with Gasteiger partial charge in [-0.05, 0) is 40.4 Å². The number of nitrogens with zero attached hydrogens (tertiary/aromatic N) is 2. The molecule has 3 nitrogen and oxygen atoms in total. The lowest BCUT2D eigenvalue weighted by Crippen LogP contribution is -2.51. The summed E-state index contributed by atoms with van der Waals surface area (Å²) < 4.78 is 0. The van der Waals surface area contributed by atoms with Gasteiger partial charge in [0.2, 0.25) is 0 Å². The number of hydrogen-bond donors (Lipinski definition) is 1. The standard InChI is InChI=1S/C17H29N3/c1-13-8-14(2)10-16(9-13)17(18-4)12-20-7-6-19(5)15(3)11-20/h8-10,15,17-18H,6-7,11-12H2,1-5H3. The highest BCUT2D eigenvalue weighted by molar-refractivity contribution is 5.30. The SMILES string of the molecule is CNC(CN1CCN(C)C(C)C1)c1cc(C)cc(C)c1. The highest BCUT2D eigenvalue weighted by Crippen LogP contribution is 2.19. The Morgan fingerprint density at radius 2 is 1.85 bits per heavy atom. The molecule has 1 fully saturated rings. The summed E-state index contributed by atoms with van der Waals surface area (Å²) in [5.41, 5.74) is 4.12. The third-order valence-electron chi connectivity index (χ3n) is 4.48. The van der Waals surface area contributed by atoms with Crippen LogP contribution in [0.2, 0.25) is 0 Å². The second kappa shape index (κ2) is 6.70. The van der Waals surface area contributed by atoms with Crippen molar-refractivity contribution in [1.82, 2.24) is 15.1 Å². The van der Waals surface area contributed by atoms with E-state index in [1.807, 2.05) is 0 Å². The van der Waals surface area contributed by atoms with Crippen molar-refractivity contribution in [3.05, 3.63) is 34.9 Å². The first-order valence-electron chi connectivity index (χ1n) is 7.67. The van der Waals surface area contributed by atoms with Gasteiger partial charge in [0.1, 0.15) is 0 Å². The molecular formula is C17H29N3. The molecule has 0 amide bonds. The third-order valence-corrected chi connectivity index (χ3v) is 4.48. The van der Waals surface area contributed by atoms with Crippen molar-refractivity contribution in [3.63, 3.8) is 0 Å². The fraction of sp³-hybridized carbons (Fsp3) is 0.647. The molecule has 1 aliphatic rings. The average molecular weight is 275 g/mol. The van der Waals surface area contributed by atoms with Crippen molar-refractivity contribution in [3.8, 4) is 0 Å². The summed E-state index contributed by atoms with van der Waals surface area (Å²) in [5.74, 6) is 0. The van der Waals surface area contributed by atoms with Crippen LogP contribution < -0.4 is 5.32 Å². The highest BCUT2D eigenvalue weighted by Gasteiger charge is 2.23. The molecule has 20 heavy (non-hydrogen) atoms. The number of rotatable bonds is 4. The zero-order valence-corrected chi connectivity index (χ0v) is 13.6. The molecule has 0 radical (unpaired) electrons. The van der Waals surface area contributed by atoms with Gasteiger partial charge >= 0.3 is 0 Å². The van der Waals surface area contributed by atoms with Gasteiger partial charge in [-0.1, -0.05) is 29.3 Å². The number of likely N-dealkylation sites (N-methyl/N-ethyl adjacent to an activating group) is 2. The van der Waals surface area contributed by atoms with Crippen LogP contribution >= 0.6 is 0 Å². The van der Waals surface area contributed by atoms with Gasteiger partial charge < -0.3 is 10.2 Å². The third kappa shape index (κ3) is 3.81. The predicted molar refractivity (Wildman–Crippen MR) is 86.2 cm³/mol. The number of benzene rings is 1. The topological polar surface area (TPSA) is 18.5 Å². The summed E-state index contributed by atoms with van der Waals surface area (Å²) in [7, 11) is 4.29. The molecule has 1 aliphatic heterocycles. The van der Waals surface area contributed by atoms with Crippen LogP contribution in [-0.2, 0) is 0 Å². The Labute approximate surface area is 124 Å². The minimum Gasteiger partial charge on any atom is -0.312 e. The molecule has 2 atom stereocenters. The molecule has 1 N–H and O–H groups in total. The summed E-state index contributed by atoms with van der Waals surface area (Å²) in [6, 6.07) is 7.94. The lowest BCUT2D eigenvalue weighted by Gasteiger charge is -2.39. The van der Waals surface area contributed by atoms with Crippen molar-refractivity contribution >= 4 is 0 Å². The molecule has 0 spiro atoms. The largest absolute Gasteiger partial charge is 0.312 e. The van der Waals surface area contributed by atoms with E-state index < -0.39 is 0 Å². The van der Waals surface area contributed by atoms with Gasteiger partial charge in [-0.2, -0.15) is 0 Å². The first kappa shape index (κ1) is 15.5. The van der Waals surface area contributed by atoms with E-state index in [1.54, 1.807) is 0 Å². The smallest absolute Gasteiger partial charge is 0.0447 e. The molecule has 112 valence electrons. The van der Waals surface area contributed by atoms with Gasteiger partial charge in [-0.3, -0.25) is 4.90 Å². The first-order valence-corrected chi connectivity index (χ1v) is 7.67. The zero-order valence-electron chi connectivity index (χ0n) is 13.6. The highest BCUT2D eigenvalue weighted by atomic mass is 15.3. The summed E-state index contributed by atoms with van der Waals surface area (Å²) in [6.45, 7) is 11.3. The molecule has 2 unspecified atom stereocenters. The van der Waals surface area contributed by atoms with E-state index in [-0.39, 0.29) is 0 Å². The van der Waals surface area contributed by atoms with Crippen LogP contribution in [0.25, 0.3) is 0 Å². The lowest BCUT2D eigenvalue weighted by atomic mass is 10.0. The van der Waals surface area contributed by atoms with Crippen LogP contribution in [0.4, 0.5) is 0 Å². The van der Waals surface area contributed by atoms with E-state index in [4.69, 9.17) is 0 Å². The molecule has 0 bridgehead atoms. The molecule has 2 rings (SSSR count). The summed E-state index contributed by atoms with van der Waals surface area (Å²) >= 11 is 0. The Hall–Kier alpha value is -0.900. The van der Waals surface area contributed by atoms with E-state index >= 15 is 0 Å². The number of aryl methyl sites for hydroxylation is 2. The minimum atomic E-state index is 0.421. The molecule has 1 aromatic carbocycles. The zero-order chi connectivity index (χ0) is 14.7. The Kier molecular flexibility index (Phi) is 5.19. The Bertz CT molecular complexity index is 424. The Morgan fingerprint density at radius 1 is 1.20 bits per heavy atom. The summed E-state index contributed by atoms with van der Waals surface area (Å²) in [6.07, 6.45) is 0. The molecule has 0 aromatic heterocycles. The molecular weight excluding hydrogens is 246 g/mol. The predicted octanol–water partition coefficient (Wildman–Crippen LogP) is 2.20. The van der Waals surface area contributed by atoms with Crippen LogP contribution in [0.15, 0.2) is 18.2 Å². The summed E-state index contributed by atoms with van der Waals surface area (Å²) in [4.78, 5) is 5.03. The van der Waals surface area contributed by atoms with Crippen LogP contribution in [0.5, 0.6) is 0 Å². The van der Waals surface area contributed by atoms with Gasteiger partial charge in [0.05, 0.1) is 0 Å². The van der Waals surface area contributed by atoms with Gasteiger partial charge in [-0.15, -0.1) is 0 Å². The van der Waals surface area contributed by atoms with Crippen LogP contribution in [0.3, 0.4) is 0 Å². The van der Waals surface area contributed by atoms with E-state index in [0.29, 0.717) is 12.1 Å². The second-order valence-electron chi connectivity index (χ2n) is 6.35. The Balaban J connectivity index is 2.05. The molecule has 1 heterocycles. The lowest BCUT2D eigenvalue weighted by molar-refractivity contribution is 0.0977. The van der Waals surface area contributed by atoms with Crippen molar-refractivity contribution in [1.29, 1.82) is 0 Å². The average Bonchev–Trinajstić information content (AvgIpc) is 2.38.